The first-order chi connectivity index (χ1) is 13.0. The third-order valence-corrected chi connectivity index (χ3v) is 5.59. The van der Waals surface area contributed by atoms with Gasteiger partial charge in [0.05, 0.1) is 11.1 Å². The number of carbonyl (C=O) groups excluding carboxylic acids is 1. The molecule has 1 heterocycles. The molecular weight excluding hydrogens is 388 g/mol. The van der Waals surface area contributed by atoms with Gasteiger partial charge in [0.25, 0.3) is 0 Å². The van der Waals surface area contributed by atoms with Crippen LogP contribution in [0.2, 0.25) is 5.02 Å². The molecule has 6 nitrogen and oxygen atoms in total. The van der Waals surface area contributed by atoms with Crippen LogP contribution in [0.1, 0.15) is 21.9 Å². The number of halogens is 1. The molecule has 0 aliphatic carbocycles. The lowest BCUT2D eigenvalue weighted by molar-refractivity contribution is 0.0926. The van der Waals surface area contributed by atoms with Gasteiger partial charge in [-0.05, 0) is 30.3 Å². The zero-order valence-corrected chi connectivity index (χ0v) is 15.6. The van der Waals surface area contributed by atoms with Crippen LogP contribution in [-0.2, 0) is 15.6 Å². The summed E-state index contributed by atoms with van der Waals surface area (Å²) in [7, 11) is -3.55. The number of sulfone groups is 1. The largest absolute Gasteiger partial charge is 0.455 e. The summed E-state index contributed by atoms with van der Waals surface area (Å²) in [5.41, 5.74) is 2.96. The predicted octanol–water partition coefficient (Wildman–Crippen LogP) is 3.67. The number of hydrazone groups is 1. The first-order valence-corrected chi connectivity index (χ1v) is 9.93. The Hall–Kier alpha value is -2.90. The van der Waals surface area contributed by atoms with E-state index in [1.807, 2.05) is 0 Å². The Labute approximate surface area is 161 Å². The summed E-state index contributed by atoms with van der Waals surface area (Å²) >= 11 is 5.99. The molecule has 0 spiro atoms. The lowest BCUT2D eigenvalue weighted by atomic mass is 10.2. The second-order valence-corrected chi connectivity index (χ2v) is 7.96. The third-order valence-electron chi connectivity index (χ3n) is 3.59. The summed E-state index contributed by atoms with van der Waals surface area (Å²) in [6.07, 6.45) is 1.41. The maximum Gasteiger partial charge on any atom is 0.307 e. The molecule has 3 aromatic rings. The van der Waals surface area contributed by atoms with Crippen molar-refractivity contribution in [3.8, 4) is 0 Å². The van der Waals surface area contributed by atoms with Gasteiger partial charge >= 0.3 is 5.91 Å². The number of hydrogen-bond acceptors (Lipinski definition) is 5. The number of carbonyl (C=O) groups is 1. The summed E-state index contributed by atoms with van der Waals surface area (Å²) in [6, 6.07) is 17.9. The molecule has 1 amide bonds. The predicted molar refractivity (Wildman–Crippen MR) is 103 cm³/mol. The highest BCUT2D eigenvalue weighted by molar-refractivity contribution is 7.90. The van der Waals surface area contributed by atoms with Gasteiger partial charge in [0.15, 0.2) is 15.6 Å². The quantitative estimate of drug-likeness (QED) is 0.503. The van der Waals surface area contributed by atoms with Crippen LogP contribution in [-0.4, -0.2) is 20.5 Å². The second-order valence-electron chi connectivity index (χ2n) is 5.56. The molecule has 1 N–H and O–H groups in total. The van der Waals surface area contributed by atoms with Gasteiger partial charge in [-0.3, -0.25) is 4.79 Å². The summed E-state index contributed by atoms with van der Waals surface area (Å²) in [6.45, 7) is 0. The van der Waals surface area contributed by atoms with E-state index in [2.05, 4.69) is 10.5 Å². The molecule has 0 aliphatic heterocycles. The highest BCUT2D eigenvalue weighted by Gasteiger charge is 2.19. The van der Waals surface area contributed by atoms with Crippen molar-refractivity contribution in [1.82, 2.24) is 5.43 Å². The second kappa shape index (κ2) is 8.20. The van der Waals surface area contributed by atoms with Gasteiger partial charge in [-0.2, -0.15) is 5.10 Å². The SMILES string of the molecule is O=C(N/N=C\c1ccccc1Cl)c1ccc(CS(=O)(=O)c2ccccc2)o1. The number of furan rings is 1. The Morgan fingerprint density at radius 1 is 1.04 bits per heavy atom. The molecule has 138 valence electrons. The Kier molecular flexibility index (Phi) is 5.73. The van der Waals surface area contributed by atoms with Crippen LogP contribution >= 0.6 is 11.6 Å². The van der Waals surface area contributed by atoms with E-state index in [0.717, 1.165) is 0 Å². The zero-order valence-electron chi connectivity index (χ0n) is 14.0. The molecule has 0 fully saturated rings. The van der Waals surface area contributed by atoms with E-state index in [-0.39, 0.29) is 22.2 Å². The van der Waals surface area contributed by atoms with Crippen LogP contribution in [0, 0.1) is 0 Å². The van der Waals surface area contributed by atoms with Crippen molar-refractivity contribution >= 4 is 33.6 Å². The van der Waals surface area contributed by atoms with E-state index < -0.39 is 15.7 Å². The molecule has 1 aromatic heterocycles. The minimum absolute atomic E-state index is 0.0374. The van der Waals surface area contributed by atoms with E-state index in [4.69, 9.17) is 16.0 Å². The van der Waals surface area contributed by atoms with Crippen LogP contribution in [0.15, 0.2) is 81.1 Å². The molecule has 0 bridgehead atoms. The monoisotopic (exact) mass is 402 g/mol. The maximum atomic E-state index is 12.3. The van der Waals surface area contributed by atoms with E-state index in [0.29, 0.717) is 10.6 Å². The van der Waals surface area contributed by atoms with Crippen LogP contribution in [0.4, 0.5) is 0 Å². The molecule has 0 saturated heterocycles. The van der Waals surface area contributed by atoms with Gasteiger partial charge < -0.3 is 4.42 Å². The molecule has 0 aliphatic rings. The fraction of sp³-hybridized carbons (Fsp3) is 0.0526. The highest BCUT2D eigenvalue weighted by atomic mass is 35.5. The first-order valence-electron chi connectivity index (χ1n) is 7.90. The van der Waals surface area contributed by atoms with Gasteiger partial charge in [-0.1, -0.05) is 48.0 Å². The average Bonchev–Trinajstić information content (AvgIpc) is 3.12. The average molecular weight is 403 g/mol. The zero-order chi connectivity index (χ0) is 19.3. The molecular formula is C19H15ClN2O4S. The Bertz CT molecular complexity index is 1080. The van der Waals surface area contributed by atoms with Gasteiger partial charge in [-0.25, -0.2) is 13.8 Å². The van der Waals surface area contributed by atoms with E-state index in [1.54, 1.807) is 42.5 Å². The molecule has 3 rings (SSSR count). The molecule has 0 radical (unpaired) electrons. The summed E-state index contributed by atoms with van der Waals surface area (Å²) < 4.78 is 30.0. The van der Waals surface area contributed by atoms with E-state index >= 15 is 0 Å². The van der Waals surface area contributed by atoms with Gasteiger partial charge in [0, 0.05) is 10.6 Å². The van der Waals surface area contributed by atoms with Gasteiger partial charge in [0.1, 0.15) is 11.5 Å². The van der Waals surface area contributed by atoms with Crippen molar-refractivity contribution < 1.29 is 17.6 Å². The summed E-state index contributed by atoms with van der Waals surface area (Å²) in [5, 5.41) is 4.32. The van der Waals surface area contributed by atoms with Crippen LogP contribution in [0.3, 0.4) is 0 Å². The van der Waals surface area contributed by atoms with E-state index in [1.165, 1.54) is 30.5 Å². The topological polar surface area (TPSA) is 88.7 Å². The molecule has 27 heavy (non-hydrogen) atoms. The summed E-state index contributed by atoms with van der Waals surface area (Å²) in [5.74, 6) is -0.807. The number of nitrogens with one attached hydrogen (secondary N) is 1. The fourth-order valence-electron chi connectivity index (χ4n) is 2.27. The molecule has 0 saturated carbocycles. The minimum Gasteiger partial charge on any atom is -0.455 e. The Morgan fingerprint density at radius 2 is 1.74 bits per heavy atom. The summed E-state index contributed by atoms with van der Waals surface area (Å²) in [4.78, 5) is 12.3. The molecule has 8 heteroatoms. The molecule has 0 unspecified atom stereocenters. The lowest BCUT2D eigenvalue weighted by Crippen LogP contribution is -2.16. The fourth-order valence-corrected chi connectivity index (χ4v) is 3.72. The van der Waals surface area contributed by atoms with Crippen molar-refractivity contribution in [2.75, 3.05) is 0 Å². The van der Waals surface area contributed by atoms with Crippen molar-refractivity contribution in [2.45, 2.75) is 10.6 Å². The smallest absolute Gasteiger partial charge is 0.307 e. The lowest BCUT2D eigenvalue weighted by Gasteiger charge is -2.02. The number of benzene rings is 2. The standard InChI is InChI=1S/C19H15ClN2O4S/c20-17-9-5-4-6-14(17)12-21-22-19(23)18-11-10-15(26-18)13-27(24,25)16-7-2-1-3-8-16/h1-12H,13H2,(H,22,23)/b21-12-. The Morgan fingerprint density at radius 3 is 2.48 bits per heavy atom. The minimum atomic E-state index is -3.55. The highest BCUT2D eigenvalue weighted by Crippen LogP contribution is 2.18. The third kappa shape index (κ3) is 4.84. The van der Waals surface area contributed by atoms with Crippen LogP contribution in [0.25, 0.3) is 0 Å². The van der Waals surface area contributed by atoms with Crippen molar-refractivity contribution in [1.29, 1.82) is 0 Å². The first kappa shape index (κ1) is 18.9. The number of rotatable bonds is 6. The van der Waals surface area contributed by atoms with Crippen molar-refractivity contribution in [2.24, 2.45) is 5.10 Å². The van der Waals surface area contributed by atoms with Crippen molar-refractivity contribution in [3.63, 3.8) is 0 Å². The number of amides is 1. The number of hydrogen-bond donors (Lipinski definition) is 1. The normalized spacial score (nSPS) is 11.6. The van der Waals surface area contributed by atoms with Crippen molar-refractivity contribution in [3.05, 3.63) is 88.8 Å². The Balaban J connectivity index is 1.65. The van der Waals surface area contributed by atoms with Crippen LogP contribution < -0.4 is 5.43 Å². The molecule has 2 aromatic carbocycles. The van der Waals surface area contributed by atoms with Crippen LogP contribution in [0.5, 0.6) is 0 Å². The van der Waals surface area contributed by atoms with E-state index in [9.17, 15) is 13.2 Å². The van der Waals surface area contributed by atoms with Gasteiger partial charge in [0.2, 0.25) is 0 Å². The number of nitrogens with zero attached hydrogens (tertiary/aromatic N) is 1. The maximum absolute atomic E-state index is 12.3. The van der Waals surface area contributed by atoms with Gasteiger partial charge in [-0.15, -0.1) is 0 Å². The molecule has 0 atom stereocenters.